The molecule has 5 heteroatoms. The third kappa shape index (κ3) is 5.01. The Kier molecular flexibility index (Phi) is 5.72. The largest absolute Gasteiger partial charge is 0.389 e. The minimum absolute atomic E-state index is 0.0335. The van der Waals surface area contributed by atoms with Crippen molar-refractivity contribution in [2.45, 2.75) is 26.0 Å². The average molecular weight is 240 g/mol. The summed E-state index contributed by atoms with van der Waals surface area (Å²) in [6, 6.07) is 1.81. The highest BCUT2D eigenvalue weighted by atomic mass is 16.5. The molecule has 1 aromatic rings. The molecule has 1 amide bonds. The first-order valence-corrected chi connectivity index (χ1v) is 5.73. The van der Waals surface area contributed by atoms with Gasteiger partial charge in [0.2, 0.25) is 5.91 Å². The van der Waals surface area contributed by atoms with Crippen molar-refractivity contribution >= 4 is 5.91 Å². The van der Waals surface area contributed by atoms with Crippen molar-refractivity contribution in [3.63, 3.8) is 0 Å². The zero-order valence-corrected chi connectivity index (χ0v) is 10.3. The van der Waals surface area contributed by atoms with Gasteiger partial charge in [-0.15, -0.1) is 0 Å². The number of rotatable bonds is 7. The molecule has 0 fully saturated rings. The third-order valence-electron chi connectivity index (χ3n) is 2.43. The minimum atomic E-state index is -0.499. The van der Waals surface area contributed by atoms with Gasteiger partial charge >= 0.3 is 0 Å². The van der Waals surface area contributed by atoms with E-state index in [1.807, 2.05) is 6.07 Å². The number of aliphatic hydroxyl groups is 1. The van der Waals surface area contributed by atoms with E-state index in [1.54, 1.807) is 31.0 Å². The van der Waals surface area contributed by atoms with E-state index in [4.69, 9.17) is 4.74 Å². The summed E-state index contributed by atoms with van der Waals surface area (Å²) in [5, 5.41) is 12.1. The fourth-order valence-corrected chi connectivity index (χ4v) is 1.47. The Morgan fingerprint density at radius 2 is 2.41 bits per heavy atom. The Bertz CT molecular complexity index is 347. The van der Waals surface area contributed by atoms with Crippen molar-refractivity contribution in [1.29, 1.82) is 0 Å². The topological polar surface area (TPSA) is 63.5 Å². The number of hydrogen-bond donors (Lipinski definition) is 2. The number of aliphatic hydroxyl groups excluding tert-OH is 1. The number of hydrogen-bond acceptors (Lipinski definition) is 3. The van der Waals surface area contributed by atoms with Gasteiger partial charge < -0.3 is 19.7 Å². The minimum Gasteiger partial charge on any atom is -0.389 e. The molecule has 0 saturated carbocycles. The number of carbonyl (C=O) groups excluding carboxylic acids is 1. The van der Waals surface area contributed by atoms with Crippen molar-refractivity contribution in [1.82, 2.24) is 9.88 Å². The van der Waals surface area contributed by atoms with E-state index < -0.39 is 6.10 Å². The van der Waals surface area contributed by atoms with E-state index in [-0.39, 0.29) is 12.5 Å². The van der Waals surface area contributed by atoms with Crippen LogP contribution in [0.4, 0.5) is 0 Å². The van der Waals surface area contributed by atoms with Crippen LogP contribution in [0.15, 0.2) is 18.5 Å². The molecule has 2 N–H and O–H groups in total. The Hall–Kier alpha value is -1.33. The maximum atomic E-state index is 11.5. The molecule has 0 aliphatic carbocycles. The molecule has 1 heterocycles. The molecule has 1 rings (SSSR count). The van der Waals surface area contributed by atoms with Crippen molar-refractivity contribution < 1.29 is 14.6 Å². The van der Waals surface area contributed by atoms with Crippen LogP contribution in [0.2, 0.25) is 0 Å². The Morgan fingerprint density at radius 3 is 3.00 bits per heavy atom. The van der Waals surface area contributed by atoms with E-state index in [0.29, 0.717) is 13.2 Å². The summed E-state index contributed by atoms with van der Waals surface area (Å²) < 4.78 is 6.64. The van der Waals surface area contributed by atoms with Crippen LogP contribution >= 0.6 is 0 Å². The molecule has 0 spiro atoms. The second kappa shape index (κ2) is 7.09. The maximum absolute atomic E-state index is 11.5. The summed E-state index contributed by atoms with van der Waals surface area (Å²) in [4.78, 5) is 11.5. The number of nitrogens with one attached hydrogen (secondary N) is 1. The first-order chi connectivity index (χ1) is 8.13. The molecular formula is C12H20N2O3. The lowest BCUT2D eigenvalue weighted by Gasteiger charge is -2.05. The highest BCUT2D eigenvalue weighted by molar-refractivity contribution is 5.75. The zero-order chi connectivity index (χ0) is 12.7. The SMILES string of the molecule is COCCCNC(=O)Cn1ccc(C(C)O)c1. The van der Waals surface area contributed by atoms with Gasteiger partial charge in [-0.3, -0.25) is 4.79 Å². The molecule has 0 saturated heterocycles. The van der Waals surface area contributed by atoms with E-state index in [9.17, 15) is 9.90 Å². The summed E-state index contributed by atoms with van der Waals surface area (Å²) in [7, 11) is 1.64. The monoisotopic (exact) mass is 240 g/mol. The third-order valence-corrected chi connectivity index (χ3v) is 2.43. The van der Waals surface area contributed by atoms with Crippen LogP contribution in [0.25, 0.3) is 0 Å². The van der Waals surface area contributed by atoms with Crippen LogP contribution in [0.3, 0.4) is 0 Å². The number of methoxy groups -OCH3 is 1. The zero-order valence-electron chi connectivity index (χ0n) is 10.3. The van der Waals surface area contributed by atoms with Crippen LogP contribution in [0.1, 0.15) is 25.0 Å². The van der Waals surface area contributed by atoms with Gasteiger partial charge in [0.15, 0.2) is 0 Å². The lowest BCUT2D eigenvalue weighted by molar-refractivity contribution is -0.121. The highest BCUT2D eigenvalue weighted by Crippen LogP contribution is 2.11. The number of carbonyl (C=O) groups is 1. The fraction of sp³-hybridized carbons (Fsp3) is 0.583. The predicted octanol–water partition coefficient (Wildman–Crippen LogP) is 0.694. The van der Waals surface area contributed by atoms with Crippen LogP contribution in [0.5, 0.6) is 0 Å². The normalized spacial score (nSPS) is 12.4. The summed E-state index contributed by atoms with van der Waals surface area (Å²) in [5.41, 5.74) is 0.817. The summed E-state index contributed by atoms with van der Waals surface area (Å²) in [6.45, 7) is 3.25. The summed E-state index contributed by atoms with van der Waals surface area (Å²) >= 11 is 0. The lowest BCUT2D eigenvalue weighted by Crippen LogP contribution is -2.28. The first-order valence-electron chi connectivity index (χ1n) is 5.73. The quantitative estimate of drug-likeness (QED) is 0.689. The molecule has 1 unspecified atom stereocenters. The average Bonchev–Trinajstić information content (AvgIpc) is 2.73. The van der Waals surface area contributed by atoms with Crippen LogP contribution in [-0.4, -0.2) is 35.8 Å². The van der Waals surface area contributed by atoms with Crippen molar-refractivity contribution in [3.05, 3.63) is 24.0 Å². The van der Waals surface area contributed by atoms with E-state index in [2.05, 4.69) is 5.32 Å². The summed E-state index contributed by atoms with van der Waals surface area (Å²) in [5.74, 6) is -0.0335. The highest BCUT2D eigenvalue weighted by Gasteiger charge is 2.05. The van der Waals surface area contributed by atoms with Crippen LogP contribution in [-0.2, 0) is 16.1 Å². The van der Waals surface area contributed by atoms with Gasteiger partial charge in [-0.1, -0.05) is 0 Å². The van der Waals surface area contributed by atoms with Gasteiger partial charge in [-0.2, -0.15) is 0 Å². The van der Waals surface area contributed by atoms with Gasteiger partial charge in [0.25, 0.3) is 0 Å². The molecule has 96 valence electrons. The molecule has 0 aliphatic heterocycles. The van der Waals surface area contributed by atoms with Crippen molar-refractivity contribution in [2.24, 2.45) is 0 Å². The van der Waals surface area contributed by atoms with Gasteiger partial charge in [0, 0.05) is 32.7 Å². The lowest BCUT2D eigenvalue weighted by atomic mass is 10.2. The molecule has 0 aromatic carbocycles. The number of aromatic nitrogens is 1. The van der Waals surface area contributed by atoms with Gasteiger partial charge in [-0.05, 0) is 25.0 Å². The number of ether oxygens (including phenoxy) is 1. The maximum Gasteiger partial charge on any atom is 0.239 e. The Morgan fingerprint density at radius 1 is 1.65 bits per heavy atom. The van der Waals surface area contributed by atoms with Gasteiger partial charge in [0.1, 0.15) is 6.54 Å². The molecule has 1 atom stereocenters. The van der Waals surface area contributed by atoms with E-state index in [1.165, 1.54) is 0 Å². The standard InChI is InChI=1S/C12H20N2O3/c1-10(15)11-4-6-14(8-11)9-12(16)13-5-3-7-17-2/h4,6,8,10,15H,3,5,7,9H2,1-2H3,(H,13,16). The Labute approximate surface area is 101 Å². The van der Waals surface area contributed by atoms with Crippen LogP contribution < -0.4 is 5.32 Å². The van der Waals surface area contributed by atoms with Crippen molar-refractivity contribution in [2.75, 3.05) is 20.3 Å². The number of amides is 1. The first kappa shape index (κ1) is 13.7. The number of nitrogens with zero attached hydrogens (tertiary/aromatic N) is 1. The van der Waals surface area contributed by atoms with Gasteiger partial charge in [0.05, 0.1) is 6.10 Å². The smallest absolute Gasteiger partial charge is 0.239 e. The molecule has 0 aliphatic rings. The van der Waals surface area contributed by atoms with Gasteiger partial charge in [-0.25, -0.2) is 0 Å². The molecule has 5 nitrogen and oxygen atoms in total. The molecule has 17 heavy (non-hydrogen) atoms. The molecule has 0 radical (unpaired) electrons. The molecular weight excluding hydrogens is 220 g/mol. The Balaban J connectivity index is 2.29. The predicted molar refractivity (Wildman–Crippen MR) is 64.6 cm³/mol. The van der Waals surface area contributed by atoms with Crippen LogP contribution in [0, 0.1) is 0 Å². The second-order valence-corrected chi connectivity index (χ2v) is 3.99. The molecule has 1 aromatic heterocycles. The van der Waals surface area contributed by atoms with Crippen molar-refractivity contribution in [3.8, 4) is 0 Å². The van der Waals surface area contributed by atoms with E-state index in [0.717, 1.165) is 12.0 Å². The molecule has 0 bridgehead atoms. The second-order valence-electron chi connectivity index (χ2n) is 3.99. The van der Waals surface area contributed by atoms with E-state index >= 15 is 0 Å². The fourth-order valence-electron chi connectivity index (χ4n) is 1.47. The summed E-state index contributed by atoms with van der Waals surface area (Å²) in [6.07, 6.45) is 3.88.